The Hall–Kier alpha value is -5.26. The number of aliphatic hydroxyl groups excluding tert-OH is 3. The highest BCUT2D eigenvalue weighted by molar-refractivity contribution is 6.13. The Balaban J connectivity index is -0.000000226. The summed E-state index contributed by atoms with van der Waals surface area (Å²) in [5.74, 6) is -2.10. The Morgan fingerprint density at radius 3 is 1.41 bits per heavy atom. The number of Topliss-reactive ketones (excluding diaryl/α,β-unsaturated/α-hetero) is 1. The zero-order valence-corrected chi connectivity index (χ0v) is 59.5. The third-order valence-corrected chi connectivity index (χ3v) is 22.2. The van der Waals surface area contributed by atoms with Crippen molar-refractivity contribution in [2.45, 2.75) is 331 Å². The van der Waals surface area contributed by atoms with Crippen molar-refractivity contribution in [3.8, 4) is 0 Å². The number of ether oxygens (including phenoxy) is 8. The van der Waals surface area contributed by atoms with Crippen LogP contribution in [0.1, 0.15) is 302 Å². The van der Waals surface area contributed by atoms with Gasteiger partial charge in [0, 0.05) is 39.1 Å². The molecule has 10 fully saturated rings. The number of rotatable bonds is 11. The molecule has 6 saturated carbocycles. The van der Waals surface area contributed by atoms with Gasteiger partial charge in [-0.25, -0.2) is 14.4 Å². The lowest BCUT2D eigenvalue weighted by molar-refractivity contribution is -0.191. The first-order chi connectivity index (χ1) is 53.0. The van der Waals surface area contributed by atoms with E-state index in [1.165, 1.54) is 91.9 Å². The van der Waals surface area contributed by atoms with Gasteiger partial charge in [0.1, 0.15) is 41.0 Å². The highest BCUT2D eigenvalue weighted by Crippen LogP contribution is 2.51. The van der Waals surface area contributed by atoms with Crippen LogP contribution in [0.15, 0.2) is 5.16 Å². The molecule has 95 heavy (non-hydrogen) atoms. The van der Waals surface area contributed by atoms with Crippen molar-refractivity contribution in [3.05, 3.63) is 0 Å². The number of carbonyl (C=O) groups is 9. The number of cyclic esters (lactones) is 5. The summed E-state index contributed by atoms with van der Waals surface area (Å²) in [7, 11) is 0. The monoisotopic (exact) mass is 1390 g/mol. The molecule has 4 aliphatic heterocycles. The second-order valence-corrected chi connectivity index (χ2v) is 28.5. The number of ketones is 1. The molecule has 0 aromatic carbocycles. The van der Waals surface area contributed by atoms with E-state index in [4.69, 9.17) is 68.2 Å². The van der Waals surface area contributed by atoms with Crippen molar-refractivity contribution < 1.29 is 128 Å². The Bertz CT molecular complexity index is 2500. The van der Waals surface area contributed by atoms with E-state index in [-0.39, 0.29) is 98.5 Å². The van der Waals surface area contributed by atoms with Crippen molar-refractivity contribution in [1.29, 1.82) is 0 Å². The normalized spacial score (nSPS) is 29.9. The van der Waals surface area contributed by atoms with Crippen molar-refractivity contribution >= 4 is 59.2 Å². The van der Waals surface area contributed by atoms with Gasteiger partial charge >= 0.3 is 47.8 Å². The van der Waals surface area contributed by atoms with E-state index in [2.05, 4.69) is 28.5 Å². The van der Waals surface area contributed by atoms with Gasteiger partial charge in [-0.05, 0) is 158 Å². The topological polar surface area (TPSA) is 347 Å². The summed E-state index contributed by atoms with van der Waals surface area (Å²) in [4.78, 5) is 104. The van der Waals surface area contributed by atoms with Crippen LogP contribution in [0.2, 0.25) is 0 Å². The largest absolute Gasteiger partial charge is 0.466 e. The van der Waals surface area contributed by atoms with Crippen LogP contribution in [-0.2, 0) is 81.0 Å². The van der Waals surface area contributed by atoms with Crippen molar-refractivity contribution in [2.75, 3.05) is 19.8 Å². The molecular formula is C72H140N2O21. The molecule has 23 heteroatoms. The first kappa shape index (κ1) is 69.6. The number of aliphatic hydroxyl groups is 3. The van der Waals surface area contributed by atoms with E-state index in [0.29, 0.717) is 31.1 Å². The summed E-state index contributed by atoms with van der Waals surface area (Å²) in [6.07, 6.45) is 26.3. The number of nitrogens with two attached hydrogens (primary N) is 1. The average Bonchev–Trinajstić information content (AvgIpc) is 1.69. The lowest BCUT2D eigenvalue weighted by Crippen LogP contribution is -2.48. The summed E-state index contributed by atoms with van der Waals surface area (Å²) in [5.41, 5.74) is 4.34. The molecule has 6 aliphatic carbocycles. The lowest BCUT2D eigenvalue weighted by atomic mass is 9.65. The molecule has 0 unspecified atom stereocenters. The Morgan fingerprint density at radius 1 is 0.568 bits per heavy atom. The first-order valence-corrected chi connectivity index (χ1v) is 36.0. The van der Waals surface area contributed by atoms with Gasteiger partial charge < -0.3 is 64.2 Å². The van der Waals surface area contributed by atoms with Gasteiger partial charge in [-0.2, -0.15) is 0 Å². The van der Waals surface area contributed by atoms with Crippen LogP contribution in [0.5, 0.6) is 0 Å². The number of hydrogen-bond acceptors (Lipinski definition) is 23. The van der Waals surface area contributed by atoms with Gasteiger partial charge in [0.15, 0.2) is 24.1 Å². The molecule has 0 radical (unpaired) electrons. The van der Waals surface area contributed by atoms with Crippen LogP contribution in [0.4, 0.5) is 0 Å². The Kier molecular flexibility index (Phi) is 28.4. The molecule has 0 amide bonds. The number of hydrogen-bond donors (Lipinski definition) is 5. The highest BCUT2D eigenvalue weighted by Gasteiger charge is 2.57. The van der Waals surface area contributed by atoms with E-state index < -0.39 is 64.9 Å². The number of oxime groups is 1. The van der Waals surface area contributed by atoms with E-state index in [1.54, 1.807) is 13.8 Å². The summed E-state index contributed by atoms with van der Waals surface area (Å²) in [6.45, 7) is 21.9. The van der Waals surface area contributed by atoms with E-state index in [1.807, 2.05) is 27.7 Å². The van der Waals surface area contributed by atoms with Crippen LogP contribution in [0.25, 0.3) is 0 Å². The minimum atomic E-state index is -1.30. The molecule has 11 atom stereocenters. The number of carbonyl (C=O) groups excluding carboxylic acids is 9. The van der Waals surface area contributed by atoms with Crippen LogP contribution >= 0.6 is 0 Å². The second-order valence-electron chi connectivity index (χ2n) is 28.5. The summed E-state index contributed by atoms with van der Waals surface area (Å²) >= 11 is 0. The molecular weight excluding hydrogens is 1230 g/mol. The van der Waals surface area contributed by atoms with E-state index in [9.17, 15) is 53.4 Å². The van der Waals surface area contributed by atoms with Crippen LogP contribution in [0, 0.1) is 44.8 Å². The minimum Gasteiger partial charge on any atom is -0.466 e. The predicted octanol–water partition coefficient (Wildman–Crippen LogP) is 13.2. The zero-order valence-electron chi connectivity index (χ0n) is 75.5. The molecule has 23 nitrogen and oxygen atoms in total. The van der Waals surface area contributed by atoms with Crippen LogP contribution in [-0.4, -0.2) is 154 Å². The maximum absolute atomic E-state index is 12.6. The second kappa shape index (κ2) is 38.8. The predicted molar refractivity (Wildman–Crippen MR) is 373 cm³/mol. The summed E-state index contributed by atoms with van der Waals surface area (Å²) in [6, 6.07) is -0.0831. The molecule has 4 saturated heterocycles. The molecule has 0 bridgehead atoms. The molecule has 10 aliphatic rings. The minimum absolute atomic E-state index is 0. The fraction of sp³-hybridized carbons (Fsp3) is 0.861. The summed E-state index contributed by atoms with van der Waals surface area (Å²) < 4.78 is 120. The highest BCUT2D eigenvalue weighted by atomic mass is 16.6. The third-order valence-electron chi connectivity index (χ3n) is 22.2. The molecule has 4 heterocycles. The Labute approximate surface area is 592 Å². The van der Waals surface area contributed by atoms with Gasteiger partial charge in [0.25, 0.3) is 0 Å². The standard InChI is InChI=1S/C15H24O6.C11H18O2.C11H22O2.C10H15NO3.C10H17NO2.C9H16O2.C6H8O4.10H2/c1-4-20-14(19)15(8-6-5-7-9-15)12(17)11(3)21-13(18)10(2)16;1-8-9(2)13-10(12)11(8)6-4-3-5-7-11;1-9(10(2)13)11(8-12)6-4-3-5-7-11;1-7-8(11-13)10(9(12)14-7)5-3-2-4-6-10;1-7-8(11)10(9(12)13-7)5-3-2-4-6-10;1-2-11-9(10)8-6-4-3-5-7-8;1-3-5(7)10-4(2)6(8)9-3;;;;;;;;;;/h10-11,16H,4-9H2,1-3H3;8-9H,3-7H2,1-2H3;9-10,12-13H,3-8H2,1-2H3;7,13H,2-6H2,1H3;7-8H,2-6,11H2,1H3;8H,2-7H2,1H3;3-4H,1-2H3;10*1H/b;;;11-8-;;;;;;;;;;;;;/t10-,11-;8-,9+;9-,10+;7-;7-,8+;;3-,4-;;;;;;;;;;/m01100.0........../s1/i;;;;;;;8*1+1D;2*1+1. The molecule has 6 N–H and O–H groups in total. The zero-order chi connectivity index (χ0) is 86.9. The van der Waals surface area contributed by atoms with Crippen molar-refractivity contribution in [3.63, 3.8) is 0 Å². The summed E-state index contributed by atoms with van der Waals surface area (Å²) in [5, 5.41) is 40.3. The maximum atomic E-state index is 12.6. The third kappa shape index (κ3) is 21.1. The molecule has 0 aromatic heterocycles. The van der Waals surface area contributed by atoms with Gasteiger partial charge in [-0.15, -0.1) is 0 Å². The quantitative estimate of drug-likeness (QED) is 0.0422. The van der Waals surface area contributed by atoms with Crippen molar-refractivity contribution in [1.82, 2.24) is 0 Å². The van der Waals surface area contributed by atoms with Crippen LogP contribution in [0.3, 0.4) is 0 Å². The Morgan fingerprint density at radius 2 is 1.00 bits per heavy atom. The smallest absolute Gasteiger partial charge is 0.347 e. The van der Waals surface area contributed by atoms with Gasteiger partial charge in [0.05, 0.1) is 42.1 Å². The number of esters is 8. The van der Waals surface area contributed by atoms with Gasteiger partial charge in [-0.3, -0.25) is 28.8 Å². The van der Waals surface area contributed by atoms with Gasteiger partial charge in [-0.1, -0.05) is 135 Å². The average molecular weight is 1390 g/mol. The fourth-order valence-corrected chi connectivity index (χ4v) is 15.6. The molecule has 10 rings (SSSR count). The van der Waals surface area contributed by atoms with E-state index >= 15 is 0 Å². The molecule has 3 spiro atoms. The SMILES string of the molecule is CCOC(=O)C1(C(=O)[C@H](C)OC(=O)[C@H](C)O)CCCCC1.CCOC(=O)C1CCCCC1.C[C@@H]1OC(=O)C2(CCCCC2)/C1=N\O.C[C@@H]1OC(=O)C2(CCCCC2)[C@@H]1C.C[C@@H]1OC(=O)C2(CCCCC2)[C@@H]1N.C[C@@H]1OC(=O)[C@H](C)OC1=O.C[C@H](O)[C@@H](C)C1(CO)CCCCC1.[2HH].[2HH].[2H][2H].[2H][2H].[2H][2H].[2H][2H].[2H][2H].[2H][2H].[2H][2H].[2H][2H]. The number of nitrogens with zero attached hydrogens (tertiary/aromatic N) is 1. The maximum Gasteiger partial charge on any atom is 0.347 e. The van der Waals surface area contributed by atoms with Gasteiger partial charge in [0.2, 0.25) is 0 Å². The van der Waals surface area contributed by atoms with Crippen molar-refractivity contribution in [2.24, 2.45) is 55.7 Å². The first-order valence-electron chi connectivity index (χ1n) is 44.0. The van der Waals surface area contributed by atoms with Crippen LogP contribution < -0.4 is 5.73 Å². The lowest BCUT2D eigenvalue weighted by Gasteiger charge is -2.42. The molecule has 564 valence electrons. The molecule has 0 aromatic rings. The van der Waals surface area contributed by atoms with E-state index in [0.717, 1.165) is 116 Å². The fourth-order valence-electron chi connectivity index (χ4n) is 15.6.